The number of halogens is 2. The van der Waals surface area contributed by atoms with Crippen molar-refractivity contribution in [3.63, 3.8) is 0 Å². The first-order chi connectivity index (χ1) is 13.0. The molecule has 1 aromatic carbocycles. The van der Waals surface area contributed by atoms with Crippen molar-refractivity contribution in [2.75, 3.05) is 43.5 Å². The van der Waals surface area contributed by atoms with E-state index in [1.54, 1.807) is 18.5 Å². The van der Waals surface area contributed by atoms with E-state index in [0.29, 0.717) is 24.1 Å². The molecular formula is C20H25F2N5. The van der Waals surface area contributed by atoms with Crippen LogP contribution in [0.5, 0.6) is 0 Å². The lowest BCUT2D eigenvalue weighted by molar-refractivity contribution is 0.198. The number of likely N-dealkylation sites (tertiary alicyclic amines) is 1. The first-order valence-electron chi connectivity index (χ1n) is 9.44. The summed E-state index contributed by atoms with van der Waals surface area (Å²) in [6.45, 7) is 3.27. The maximum absolute atomic E-state index is 14.1. The van der Waals surface area contributed by atoms with Gasteiger partial charge in [0.2, 0.25) is 0 Å². The van der Waals surface area contributed by atoms with Crippen LogP contribution in [0.4, 0.5) is 20.4 Å². The third-order valence-electron chi connectivity index (χ3n) is 5.75. The summed E-state index contributed by atoms with van der Waals surface area (Å²) in [7, 11) is 3.94. The molecule has 0 radical (unpaired) electrons. The Morgan fingerprint density at radius 2 is 1.89 bits per heavy atom. The molecule has 0 aliphatic carbocycles. The van der Waals surface area contributed by atoms with Crippen molar-refractivity contribution in [2.24, 2.45) is 5.92 Å². The van der Waals surface area contributed by atoms with Gasteiger partial charge in [0.1, 0.15) is 11.6 Å². The molecule has 2 saturated heterocycles. The fourth-order valence-electron chi connectivity index (χ4n) is 4.35. The van der Waals surface area contributed by atoms with Crippen LogP contribution >= 0.6 is 0 Å². The second-order valence-corrected chi connectivity index (χ2v) is 7.65. The fourth-order valence-corrected chi connectivity index (χ4v) is 4.35. The van der Waals surface area contributed by atoms with Crippen LogP contribution < -0.4 is 9.80 Å². The summed E-state index contributed by atoms with van der Waals surface area (Å²) in [5.74, 6) is 1.39. The van der Waals surface area contributed by atoms with Crippen LogP contribution in [0.1, 0.15) is 18.4 Å². The van der Waals surface area contributed by atoms with Gasteiger partial charge in [0.25, 0.3) is 0 Å². The Kier molecular flexibility index (Phi) is 4.95. The zero-order chi connectivity index (χ0) is 19.0. The van der Waals surface area contributed by atoms with Gasteiger partial charge in [-0.15, -0.1) is 0 Å². The fraction of sp³-hybridized carbons (Fsp3) is 0.500. The summed E-state index contributed by atoms with van der Waals surface area (Å²) in [5, 5.41) is 0. The van der Waals surface area contributed by atoms with Crippen molar-refractivity contribution in [3.05, 3.63) is 47.8 Å². The van der Waals surface area contributed by atoms with Gasteiger partial charge in [-0.25, -0.2) is 18.7 Å². The quantitative estimate of drug-likeness (QED) is 0.824. The highest BCUT2D eigenvalue weighted by Gasteiger charge is 2.39. The summed E-state index contributed by atoms with van der Waals surface area (Å²) in [6.07, 6.45) is 5.67. The van der Waals surface area contributed by atoms with E-state index in [-0.39, 0.29) is 0 Å². The maximum atomic E-state index is 14.1. The standard InChI is InChI=1S/C20H25F2N5/c1-25(2)19-20(24-8-7-23-19)27-10-6-14-5-9-26(18(14)13-27)12-15-3-4-16(21)11-17(15)22/h3-4,7-8,11,14,18H,5-6,9-10,12-13H2,1-2H3. The molecule has 2 aromatic rings. The van der Waals surface area contributed by atoms with Crippen molar-refractivity contribution in [3.8, 4) is 0 Å². The van der Waals surface area contributed by atoms with Crippen LogP contribution in [0.25, 0.3) is 0 Å². The third kappa shape index (κ3) is 3.60. The Morgan fingerprint density at radius 3 is 2.67 bits per heavy atom. The summed E-state index contributed by atoms with van der Waals surface area (Å²) >= 11 is 0. The van der Waals surface area contributed by atoms with Gasteiger partial charge in [0.05, 0.1) is 0 Å². The van der Waals surface area contributed by atoms with E-state index >= 15 is 0 Å². The maximum Gasteiger partial charge on any atom is 0.172 e. The van der Waals surface area contributed by atoms with Gasteiger partial charge in [0.15, 0.2) is 11.6 Å². The highest BCUT2D eigenvalue weighted by atomic mass is 19.1. The van der Waals surface area contributed by atoms with E-state index in [1.807, 2.05) is 19.0 Å². The molecule has 0 spiro atoms. The lowest BCUT2D eigenvalue weighted by atomic mass is 9.92. The van der Waals surface area contributed by atoms with E-state index in [1.165, 1.54) is 6.07 Å². The molecule has 0 saturated carbocycles. The molecule has 7 heteroatoms. The molecule has 5 nitrogen and oxygen atoms in total. The van der Waals surface area contributed by atoms with Crippen molar-refractivity contribution in [1.29, 1.82) is 0 Å². The van der Waals surface area contributed by atoms with Crippen LogP contribution in [0, 0.1) is 17.6 Å². The molecule has 1 aromatic heterocycles. The number of piperidine rings is 1. The number of aromatic nitrogens is 2. The molecule has 0 amide bonds. The minimum atomic E-state index is -0.529. The first kappa shape index (κ1) is 18.1. The lowest BCUT2D eigenvalue weighted by Gasteiger charge is -2.39. The predicted octanol–water partition coefficient (Wildman–Crippen LogP) is 2.92. The Balaban J connectivity index is 1.53. The van der Waals surface area contributed by atoms with Crippen LogP contribution in [-0.2, 0) is 6.54 Å². The molecule has 4 rings (SSSR count). The normalized spacial score (nSPS) is 22.7. The minimum Gasteiger partial charge on any atom is -0.360 e. The molecule has 2 aliphatic heterocycles. The molecule has 27 heavy (non-hydrogen) atoms. The van der Waals surface area contributed by atoms with Gasteiger partial charge in [-0.3, -0.25) is 4.90 Å². The number of hydrogen-bond donors (Lipinski definition) is 0. The Bertz CT molecular complexity index is 813. The summed E-state index contributed by atoms with van der Waals surface area (Å²) in [6, 6.07) is 4.21. The molecule has 144 valence electrons. The summed E-state index contributed by atoms with van der Waals surface area (Å²) < 4.78 is 27.3. The number of hydrogen-bond acceptors (Lipinski definition) is 5. The van der Waals surface area contributed by atoms with E-state index in [4.69, 9.17) is 0 Å². The van der Waals surface area contributed by atoms with Gasteiger partial charge in [-0.2, -0.15) is 0 Å². The lowest BCUT2D eigenvalue weighted by Crippen LogP contribution is -2.48. The Labute approximate surface area is 158 Å². The van der Waals surface area contributed by atoms with Crippen LogP contribution in [0.3, 0.4) is 0 Å². The van der Waals surface area contributed by atoms with Gasteiger partial charge in [0, 0.05) is 63.8 Å². The average Bonchev–Trinajstić information content (AvgIpc) is 3.06. The average molecular weight is 373 g/mol. The third-order valence-corrected chi connectivity index (χ3v) is 5.75. The number of nitrogens with zero attached hydrogens (tertiary/aromatic N) is 5. The number of rotatable bonds is 4. The number of anilines is 2. The Hall–Kier alpha value is -2.28. The molecule has 0 bridgehead atoms. The topological polar surface area (TPSA) is 35.5 Å². The van der Waals surface area contributed by atoms with Crippen LogP contribution in [0.15, 0.2) is 30.6 Å². The molecule has 2 atom stereocenters. The van der Waals surface area contributed by atoms with Crippen molar-refractivity contribution in [1.82, 2.24) is 14.9 Å². The van der Waals surface area contributed by atoms with Crippen LogP contribution in [-0.4, -0.2) is 54.6 Å². The zero-order valence-corrected chi connectivity index (χ0v) is 15.8. The number of benzene rings is 1. The van der Waals surface area contributed by atoms with Crippen molar-refractivity contribution < 1.29 is 8.78 Å². The smallest absolute Gasteiger partial charge is 0.172 e. The highest BCUT2D eigenvalue weighted by Crippen LogP contribution is 2.36. The van der Waals surface area contributed by atoms with Gasteiger partial charge >= 0.3 is 0 Å². The molecule has 0 N–H and O–H groups in total. The Morgan fingerprint density at radius 1 is 1.11 bits per heavy atom. The zero-order valence-electron chi connectivity index (χ0n) is 15.8. The predicted molar refractivity (Wildman–Crippen MR) is 102 cm³/mol. The summed E-state index contributed by atoms with van der Waals surface area (Å²) in [4.78, 5) is 15.6. The second kappa shape index (κ2) is 7.38. The first-order valence-corrected chi connectivity index (χ1v) is 9.44. The minimum absolute atomic E-state index is 0.347. The van der Waals surface area contributed by atoms with E-state index in [0.717, 1.165) is 50.2 Å². The van der Waals surface area contributed by atoms with Gasteiger partial charge in [-0.05, 0) is 31.4 Å². The van der Waals surface area contributed by atoms with Crippen molar-refractivity contribution >= 4 is 11.6 Å². The van der Waals surface area contributed by atoms with E-state index < -0.39 is 11.6 Å². The second-order valence-electron chi connectivity index (χ2n) is 7.65. The van der Waals surface area contributed by atoms with E-state index in [2.05, 4.69) is 19.8 Å². The molecule has 2 aliphatic rings. The SMILES string of the molecule is CN(C)c1nccnc1N1CCC2CCN(Cc3ccc(F)cc3F)C2C1. The summed E-state index contributed by atoms with van der Waals surface area (Å²) in [5.41, 5.74) is 0.558. The van der Waals surface area contributed by atoms with Gasteiger partial charge < -0.3 is 9.80 Å². The largest absolute Gasteiger partial charge is 0.360 e. The molecule has 2 unspecified atom stereocenters. The molecule has 2 fully saturated rings. The molecule has 3 heterocycles. The highest BCUT2D eigenvalue weighted by molar-refractivity contribution is 5.61. The van der Waals surface area contributed by atoms with Crippen molar-refractivity contribution in [2.45, 2.75) is 25.4 Å². The number of fused-ring (bicyclic) bond motifs is 1. The van der Waals surface area contributed by atoms with Gasteiger partial charge in [-0.1, -0.05) is 6.07 Å². The monoisotopic (exact) mass is 373 g/mol. The molecular weight excluding hydrogens is 348 g/mol. The van der Waals surface area contributed by atoms with E-state index in [9.17, 15) is 8.78 Å². The van der Waals surface area contributed by atoms with Crippen LogP contribution in [0.2, 0.25) is 0 Å².